The van der Waals surface area contributed by atoms with E-state index in [-0.39, 0.29) is 0 Å². The Morgan fingerprint density at radius 3 is 1.55 bits per heavy atom. The van der Waals surface area contributed by atoms with Gasteiger partial charge in [0, 0.05) is 28.7 Å². The van der Waals surface area contributed by atoms with E-state index < -0.39 is 7.12 Å². The number of unbranched alkanes of at least 4 members (excludes halogenated alkanes) is 4. The summed E-state index contributed by atoms with van der Waals surface area (Å²) < 4.78 is 24.9. The third-order valence-corrected chi connectivity index (χ3v) is 8.88. The van der Waals surface area contributed by atoms with Crippen molar-refractivity contribution in [3.8, 4) is 68.1 Å². The van der Waals surface area contributed by atoms with Gasteiger partial charge in [-0.15, -0.1) is 5.92 Å². The summed E-state index contributed by atoms with van der Waals surface area (Å²) in [6, 6.07) is 37.7. The van der Waals surface area contributed by atoms with Crippen molar-refractivity contribution in [2.45, 2.75) is 39.0 Å². The standard InChI is InChI=1S/C42H37BO4/c1-4-5-6-7-8-13-26-43-46-41-37(29-18-22-33(44-2)23-19-29)27-31-14-9-11-16-35(31)39(41)40-36-17-12-10-15-32(36)28-38(42(40)47-43)30-20-24-34(45-3)25-21-30/h9-12,14-25,27-28H,4-8H2,1-3H3. The first-order valence-corrected chi connectivity index (χ1v) is 16.4. The molecule has 0 aromatic heterocycles. The predicted octanol–water partition coefficient (Wildman–Crippen LogP) is 10.8. The van der Waals surface area contributed by atoms with Gasteiger partial charge in [-0.25, -0.2) is 0 Å². The van der Waals surface area contributed by atoms with E-state index in [9.17, 15) is 0 Å². The van der Waals surface area contributed by atoms with Crippen molar-refractivity contribution in [2.24, 2.45) is 0 Å². The second-order valence-electron chi connectivity index (χ2n) is 11.9. The fourth-order valence-electron chi connectivity index (χ4n) is 6.46. The van der Waals surface area contributed by atoms with Crippen molar-refractivity contribution in [3.63, 3.8) is 0 Å². The van der Waals surface area contributed by atoms with E-state index in [0.717, 1.165) is 90.8 Å². The molecule has 0 fully saturated rings. The zero-order valence-electron chi connectivity index (χ0n) is 27.1. The summed E-state index contributed by atoms with van der Waals surface area (Å²) >= 11 is 0. The first-order valence-electron chi connectivity index (χ1n) is 16.4. The van der Waals surface area contributed by atoms with Crippen LogP contribution < -0.4 is 18.8 Å². The van der Waals surface area contributed by atoms with Crippen molar-refractivity contribution in [1.82, 2.24) is 0 Å². The van der Waals surface area contributed by atoms with Crippen LogP contribution >= 0.6 is 0 Å². The third-order valence-electron chi connectivity index (χ3n) is 8.88. The van der Waals surface area contributed by atoms with Gasteiger partial charge in [0.05, 0.1) is 14.2 Å². The molecule has 0 saturated heterocycles. The van der Waals surface area contributed by atoms with Crippen LogP contribution in [0, 0.1) is 11.7 Å². The molecule has 1 aliphatic rings. The lowest BCUT2D eigenvalue weighted by molar-refractivity contribution is 0.415. The Morgan fingerprint density at radius 2 is 1.09 bits per heavy atom. The second kappa shape index (κ2) is 13.6. The fraction of sp³-hybridized carbons (Fsp3) is 0.190. The largest absolute Gasteiger partial charge is 0.690 e. The maximum Gasteiger partial charge on any atom is 0.690 e. The summed E-state index contributed by atoms with van der Waals surface area (Å²) in [5.41, 5.74) is 6.01. The van der Waals surface area contributed by atoms with Gasteiger partial charge < -0.3 is 18.8 Å². The van der Waals surface area contributed by atoms with Crippen LogP contribution in [0.15, 0.2) is 109 Å². The molecule has 0 N–H and O–H groups in total. The van der Waals surface area contributed by atoms with Gasteiger partial charge in [-0.3, -0.25) is 0 Å². The number of methoxy groups -OCH3 is 2. The number of fused-ring (bicyclic) bond motifs is 7. The molecule has 6 aromatic rings. The molecule has 0 atom stereocenters. The molecule has 0 amide bonds. The molecule has 0 spiro atoms. The van der Waals surface area contributed by atoms with Crippen molar-refractivity contribution in [2.75, 3.05) is 14.2 Å². The van der Waals surface area contributed by atoms with E-state index >= 15 is 0 Å². The summed E-state index contributed by atoms with van der Waals surface area (Å²) in [6.45, 7) is 2.22. The highest BCUT2D eigenvalue weighted by Crippen LogP contribution is 2.54. The van der Waals surface area contributed by atoms with E-state index in [2.05, 4.69) is 104 Å². The van der Waals surface area contributed by atoms with Crippen molar-refractivity contribution >= 4 is 28.7 Å². The topological polar surface area (TPSA) is 36.9 Å². The van der Waals surface area contributed by atoms with Crippen molar-refractivity contribution in [3.05, 3.63) is 109 Å². The Kier molecular flexibility index (Phi) is 8.76. The normalized spacial score (nSPS) is 11.9. The molecular formula is C42H37BO4. The molecule has 0 saturated carbocycles. The average molecular weight is 617 g/mol. The summed E-state index contributed by atoms with van der Waals surface area (Å²) in [6.07, 6.45) is 5.44. The van der Waals surface area contributed by atoms with Crippen LogP contribution in [0.2, 0.25) is 0 Å². The molecule has 0 bridgehead atoms. The number of hydrogen-bond donors (Lipinski definition) is 0. The molecule has 6 aromatic carbocycles. The van der Waals surface area contributed by atoms with E-state index in [4.69, 9.17) is 18.8 Å². The van der Waals surface area contributed by atoms with Gasteiger partial charge >= 0.3 is 7.12 Å². The van der Waals surface area contributed by atoms with Gasteiger partial charge in [-0.1, -0.05) is 105 Å². The molecule has 4 nitrogen and oxygen atoms in total. The number of ether oxygens (including phenoxy) is 2. The highest BCUT2D eigenvalue weighted by molar-refractivity contribution is 6.57. The first-order chi connectivity index (χ1) is 23.2. The average Bonchev–Trinajstić information content (AvgIpc) is 3.30. The minimum atomic E-state index is -0.808. The van der Waals surface area contributed by atoms with Crippen molar-refractivity contribution in [1.29, 1.82) is 0 Å². The van der Waals surface area contributed by atoms with Crippen LogP contribution in [-0.4, -0.2) is 21.3 Å². The second-order valence-corrected chi connectivity index (χ2v) is 11.9. The summed E-state index contributed by atoms with van der Waals surface area (Å²) in [4.78, 5) is 0. The summed E-state index contributed by atoms with van der Waals surface area (Å²) in [5.74, 6) is 9.89. The molecule has 0 aliphatic carbocycles. The maximum atomic E-state index is 6.95. The molecule has 47 heavy (non-hydrogen) atoms. The van der Waals surface area contributed by atoms with Gasteiger partial charge in [-0.05, 0) is 75.5 Å². The molecule has 1 heterocycles. The summed E-state index contributed by atoms with van der Waals surface area (Å²) in [7, 11) is 2.56. The molecule has 0 radical (unpaired) electrons. The van der Waals surface area contributed by atoms with Gasteiger partial charge in [0.2, 0.25) is 0 Å². The molecule has 5 heteroatoms. The van der Waals surface area contributed by atoms with Crippen LogP contribution in [-0.2, 0) is 0 Å². The Balaban J connectivity index is 1.54. The van der Waals surface area contributed by atoms with Crippen LogP contribution in [0.5, 0.6) is 23.0 Å². The van der Waals surface area contributed by atoms with Crippen LogP contribution in [0.1, 0.15) is 39.0 Å². The Hall–Kier alpha value is -5.34. The van der Waals surface area contributed by atoms with Crippen LogP contribution in [0.3, 0.4) is 0 Å². The van der Waals surface area contributed by atoms with Crippen LogP contribution in [0.4, 0.5) is 0 Å². The quantitative estimate of drug-likeness (QED) is 0.0969. The zero-order chi connectivity index (χ0) is 32.2. The highest BCUT2D eigenvalue weighted by Gasteiger charge is 2.34. The van der Waals surface area contributed by atoms with E-state index in [1.54, 1.807) is 14.2 Å². The molecule has 232 valence electrons. The van der Waals surface area contributed by atoms with E-state index in [1.807, 2.05) is 24.3 Å². The van der Waals surface area contributed by atoms with Crippen molar-refractivity contribution < 1.29 is 18.8 Å². The third kappa shape index (κ3) is 6.00. The monoisotopic (exact) mass is 616 g/mol. The minimum absolute atomic E-state index is 0.759. The first kappa shape index (κ1) is 30.3. The van der Waals surface area contributed by atoms with Gasteiger partial charge in [-0.2, -0.15) is 0 Å². The molecule has 0 unspecified atom stereocenters. The number of rotatable bonds is 8. The SMILES string of the molecule is CCCCCCC#CB1Oc2c(-c3ccc(OC)cc3)cc3ccccc3c2-c2c(c(-c3ccc(OC)cc3)cc3ccccc23)O1. The lowest BCUT2D eigenvalue weighted by Crippen LogP contribution is -2.28. The molecule has 1 aliphatic heterocycles. The lowest BCUT2D eigenvalue weighted by atomic mass is 9.86. The number of benzene rings is 6. The highest BCUT2D eigenvalue weighted by atomic mass is 16.6. The Morgan fingerprint density at radius 1 is 0.596 bits per heavy atom. The maximum absolute atomic E-state index is 6.95. The Bertz CT molecular complexity index is 1970. The van der Waals surface area contributed by atoms with E-state index in [1.165, 1.54) is 19.3 Å². The predicted molar refractivity (Wildman–Crippen MR) is 194 cm³/mol. The van der Waals surface area contributed by atoms with E-state index in [0.29, 0.717) is 0 Å². The molecule has 7 rings (SSSR count). The molecular weight excluding hydrogens is 579 g/mol. The van der Waals surface area contributed by atoms with Gasteiger partial charge in [0.25, 0.3) is 0 Å². The zero-order valence-corrected chi connectivity index (χ0v) is 27.1. The van der Waals surface area contributed by atoms with Crippen LogP contribution in [0.25, 0.3) is 54.9 Å². The summed E-state index contributed by atoms with van der Waals surface area (Å²) in [5, 5.41) is 4.42. The fourth-order valence-corrected chi connectivity index (χ4v) is 6.46. The minimum Gasteiger partial charge on any atom is -0.514 e. The smallest absolute Gasteiger partial charge is 0.514 e. The van der Waals surface area contributed by atoms with Gasteiger partial charge in [0.1, 0.15) is 23.0 Å². The Labute approximate surface area is 277 Å². The lowest BCUT2D eigenvalue weighted by Gasteiger charge is -2.20. The number of hydrogen-bond acceptors (Lipinski definition) is 4. The van der Waals surface area contributed by atoms with Gasteiger partial charge in [0.15, 0.2) is 0 Å².